The summed E-state index contributed by atoms with van der Waals surface area (Å²) in [5, 5.41) is 4.53. The summed E-state index contributed by atoms with van der Waals surface area (Å²) >= 11 is 5.70. The van der Waals surface area contributed by atoms with E-state index in [-0.39, 0.29) is 16.4 Å². The van der Waals surface area contributed by atoms with Gasteiger partial charge in [-0.25, -0.2) is 4.98 Å². The number of halogens is 1. The molecule has 0 amide bonds. The molecule has 0 fully saturated rings. The van der Waals surface area contributed by atoms with E-state index in [1.807, 2.05) is 16.9 Å². The van der Waals surface area contributed by atoms with Crippen molar-refractivity contribution in [2.24, 2.45) is 0 Å². The van der Waals surface area contributed by atoms with Crippen LogP contribution in [0.4, 0.5) is 5.69 Å². The summed E-state index contributed by atoms with van der Waals surface area (Å²) < 4.78 is 3.34. The first-order valence-electron chi connectivity index (χ1n) is 6.61. The van der Waals surface area contributed by atoms with Gasteiger partial charge in [-0.3, -0.25) is 14.0 Å². The first-order valence-corrected chi connectivity index (χ1v) is 6.99. The molecule has 0 atom stereocenters. The van der Waals surface area contributed by atoms with E-state index in [4.69, 9.17) is 17.3 Å². The molecule has 0 spiro atoms. The van der Waals surface area contributed by atoms with Crippen LogP contribution in [0.15, 0.2) is 23.4 Å². The molecule has 2 rings (SSSR count). The third-order valence-electron chi connectivity index (χ3n) is 3.34. The lowest BCUT2D eigenvalue weighted by Crippen LogP contribution is -2.24. The van der Waals surface area contributed by atoms with Gasteiger partial charge < -0.3 is 5.73 Å². The van der Waals surface area contributed by atoms with Gasteiger partial charge in [0.1, 0.15) is 5.69 Å². The number of hydrogen-bond acceptors (Lipinski definition) is 4. The van der Waals surface area contributed by atoms with Gasteiger partial charge >= 0.3 is 0 Å². The zero-order valence-electron chi connectivity index (χ0n) is 11.6. The molecular weight excluding hydrogens is 278 g/mol. The molecule has 0 aliphatic rings. The Balaban J connectivity index is 2.23. The van der Waals surface area contributed by atoms with E-state index in [1.54, 1.807) is 0 Å². The number of anilines is 1. The maximum absolute atomic E-state index is 11.9. The molecule has 108 valence electrons. The molecule has 2 aromatic heterocycles. The second kappa shape index (κ2) is 6.09. The van der Waals surface area contributed by atoms with Crippen LogP contribution in [0, 0.1) is 0 Å². The normalized spacial score (nSPS) is 11.2. The van der Waals surface area contributed by atoms with Crippen LogP contribution in [0.3, 0.4) is 0 Å². The summed E-state index contributed by atoms with van der Waals surface area (Å²) in [5.41, 5.74) is 5.99. The summed E-state index contributed by atoms with van der Waals surface area (Å²) in [6.07, 6.45) is 5.36. The van der Waals surface area contributed by atoms with Crippen molar-refractivity contribution < 1.29 is 0 Å². The maximum Gasteiger partial charge on any atom is 0.278 e. The molecule has 6 nitrogen and oxygen atoms in total. The van der Waals surface area contributed by atoms with Crippen LogP contribution in [-0.4, -0.2) is 19.3 Å². The SMILES string of the molecule is CCC(CC)n1ccc(Cn2cnc(Cl)c(N)c2=O)n1. The van der Waals surface area contributed by atoms with Gasteiger partial charge in [0.15, 0.2) is 5.15 Å². The average molecular weight is 296 g/mol. The minimum absolute atomic E-state index is 0.0337. The highest BCUT2D eigenvalue weighted by Crippen LogP contribution is 2.15. The second-order valence-electron chi connectivity index (χ2n) is 4.64. The highest BCUT2D eigenvalue weighted by molar-refractivity contribution is 6.31. The molecule has 0 unspecified atom stereocenters. The summed E-state index contributed by atoms with van der Waals surface area (Å²) in [6.45, 7) is 4.59. The van der Waals surface area contributed by atoms with Crippen LogP contribution in [0.2, 0.25) is 5.15 Å². The highest BCUT2D eigenvalue weighted by Gasteiger charge is 2.10. The fourth-order valence-electron chi connectivity index (χ4n) is 2.10. The van der Waals surface area contributed by atoms with Gasteiger partial charge in [0.2, 0.25) is 0 Å². The Labute approximate surface area is 122 Å². The monoisotopic (exact) mass is 295 g/mol. The van der Waals surface area contributed by atoms with Crippen molar-refractivity contribution in [1.82, 2.24) is 19.3 Å². The molecular formula is C13H18ClN5O. The summed E-state index contributed by atoms with van der Waals surface area (Å²) in [6, 6.07) is 2.28. The molecule has 20 heavy (non-hydrogen) atoms. The van der Waals surface area contributed by atoms with Gasteiger partial charge in [-0.2, -0.15) is 5.10 Å². The minimum atomic E-state index is -0.345. The van der Waals surface area contributed by atoms with Crippen LogP contribution < -0.4 is 11.3 Å². The van der Waals surface area contributed by atoms with Gasteiger partial charge in [0.25, 0.3) is 5.56 Å². The summed E-state index contributed by atoms with van der Waals surface area (Å²) in [5.74, 6) is 0. The highest BCUT2D eigenvalue weighted by atomic mass is 35.5. The Hall–Kier alpha value is -1.82. The number of nitrogens with two attached hydrogens (primary N) is 1. The smallest absolute Gasteiger partial charge is 0.278 e. The average Bonchev–Trinajstić information content (AvgIpc) is 2.89. The van der Waals surface area contributed by atoms with E-state index in [2.05, 4.69) is 23.9 Å². The van der Waals surface area contributed by atoms with Crippen LogP contribution >= 0.6 is 11.6 Å². The fraction of sp³-hybridized carbons (Fsp3) is 0.462. The van der Waals surface area contributed by atoms with Gasteiger partial charge in [-0.15, -0.1) is 0 Å². The molecule has 2 heterocycles. The van der Waals surface area contributed by atoms with Gasteiger partial charge in [0.05, 0.1) is 24.6 Å². The molecule has 0 aliphatic heterocycles. The van der Waals surface area contributed by atoms with Crippen molar-refractivity contribution in [3.63, 3.8) is 0 Å². The molecule has 0 saturated heterocycles. The molecule has 0 saturated carbocycles. The van der Waals surface area contributed by atoms with Crippen LogP contribution in [0.25, 0.3) is 0 Å². The van der Waals surface area contributed by atoms with Crippen molar-refractivity contribution >= 4 is 17.3 Å². The third-order valence-corrected chi connectivity index (χ3v) is 3.64. The van der Waals surface area contributed by atoms with Crippen LogP contribution in [0.1, 0.15) is 38.4 Å². The Morgan fingerprint density at radius 1 is 1.40 bits per heavy atom. The lowest BCUT2D eigenvalue weighted by molar-refractivity contribution is 0.424. The lowest BCUT2D eigenvalue weighted by atomic mass is 10.2. The second-order valence-corrected chi connectivity index (χ2v) is 5.00. The van der Waals surface area contributed by atoms with E-state index in [0.717, 1.165) is 18.5 Å². The van der Waals surface area contributed by atoms with Crippen molar-refractivity contribution in [2.75, 3.05) is 5.73 Å². The molecule has 0 aliphatic carbocycles. The molecule has 2 N–H and O–H groups in total. The van der Waals surface area contributed by atoms with Gasteiger partial charge in [-0.05, 0) is 18.9 Å². The minimum Gasteiger partial charge on any atom is -0.392 e. The molecule has 2 aromatic rings. The molecule has 0 bridgehead atoms. The summed E-state index contributed by atoms with van der Waals surface area (Å²) in [7, 11) is 0. The standard InChI is InChI=1S/C13H18ClN5O/c1-3-10(4-2)19-6-5-9(17-19)7-18-8-16-12(14)11(15)13(18)20/h5-6,8,10H,3-4,7,15H2,1-2H3. The lowest BCUT2D eigenvalue weighted by Gasteiger charge is -2.12. The Morgan fingerprint density at radius 2 is 2.10 bits per heavy atom. The zero-order chi connectivity index (χ0) is 14.7. The number of nitrogen functional groups attached to an aromatic ring is 1. The van der Waals surface area contributed by atoms with Crippen LogP contribution in [0.5, 0.6) is 0 Å². The number of hydrogen-bond donors (Lipinski definition) is 1. The van der Waals surface area contributed by atoms with Crippen LogP contribution in [-0.2, 0) is 6.54 Å². The van der Waals surface area contributed by atoms with E-state index in [1.165, 1.54) is 10.9 Å². The van der Waals surface area contributed by atoms with Crippen molar-refractivity contribution in [3.8, 4) is 0 Å². The van der Waals surface area contributed by atoms with E-state index < -0.39 is 0 Å². The fourth-order valence-corrected chi connectivity index (χ4v) is 2.22. The quantitative estimate of drug-likeness (QED) is 0.857. The Bertz CT molecular complexity index is 644. The van der Waals surface area contributed by atoms with E-state index >= 15 is 0 Å². The van der Waals surface area contributed by atoms with Crippen molar-refractivity contribution in [1.29, 1.82) is 0 Å². The number of rotatable bonds is 5. The van der Waals surface area contributed by atoms with E-state index in [9.17, 15) is 4.79 Å². The topological polar surface area (TPSA) is 78.7 Å². The first-order chi connectivity index (χ1) is 9.56. The predicted molar refractivity (Wildman–Crippen MR) is 78.9 cm³/mol. The van der Waals surface area contributed by atoms with Crippen molar-refractivity contribution in [3.05, 3.63) is 39.8 Å². The molecule has 7 heteroatoms. The summed E-state index contributed by atoms with van der Waals surface area (Å²) in [4.78, 5) is 15.8. The number of nitrogens with zero attached hydrogens (tertiary/aromatic N) is 4. The first kappa shape index (κ1) is 14.6. The number of aromatic nitrogens is 4. The predicted octanol–water partition coefficient (Wildman–Crippen LogP) is 2.08. The van der Waals surface area contributed by atoms with Crippen molar-refractivity contribution in [2.45, 2.75) is 39.3 Å². The van der Waals surface area contributed by atoms with E-state index in [0.29, 0.717) is 12.6 Å². The zero-order valence-corrected chi connectivity index (χ0v) is 12.3. The molecule has 0 radical (unpaired) electrons. The Kier molecular flexibility index (Phi) is 4.44. The largest absolute Gasteiger partial charge is 0.392 e. The Morgan fingerprint density at radius 3 is 2.75 bits per heavy atom. The molecule has 0 aromatic carbocycles. The third kappa shape index (κ3) is 2.85. The van der Waals surface area contributed by atoms with Gasteiger partial charge in [0, 0.05) is 6.20 Å². The van der Waals surface area contributed by atoms with Gasteiger partial charge in [-0.1, -0.05) is 25.4 Å². The maximum atomic E-state index is 11.9.